The number of benzene rings is 2. The van der Waals surface area contributed by atoms with Crippen LogP contribution in [0.1, 0.15) is 74.7 Å². The van der Waals surface area contributed by atoms with Crippen LogP contribution in [0, 0.1) is 6.92 Å². The van der Waals surface area contributed by atoms with Gasteiger partial charge in [-0.1, -0.05) is 24.3 Å². The molecule has 1 aliphatic carbocycles. The molecule has 0 bridgehead atoms. The second-order valence-electron chi connectivity index (χ2n) is 9.85. The van der Waals surface area contributed by atoms with Crippen LogP contribution in [0.4, 0.5) is 11.4 Å². The van der Waals surface area contributed by atoms with Crippen molar-refractivity contribution in [1.29, 1.82) is 0 Å². The number of rotatable bonds is 5. The number of nitrogens with zero attached hydrogens (tertiary/aromatic N) is 1. The van der Waals surface area contributed by atoms with Gasteiger partial charge in [0, 0.05) is 17.3 Å². The normalized spacial score (nSPS) is 20.7. The van der Waals surface area contributed by atoms with E-state index < -0.39 is 0 Å². The van der Waals surface area contributed by atoms with Gasteiger partial charge in [-0.15, -0.1) is 0 Å². The molecule has 0 spiro atoms. The second-order valence-corrected chi connectivity index (χ2v) is 9.85. The van der Waals surface area contributed by atoms with Gasteiger partial charge in [0.1, 0.15) is 11.9 Å². The minimum absolute atomic E-state index is 0.0360. The van der Waals surface area contributed by atoms with Crippen molar-refractivity contribution in [3.8, 4) is 0 Å². The molecule has 2 aromatic carbocycles. The molecule has 0 saturated carbocycles. The van der Waals surface area contributed by atoms with E-state index >= 15 is 0 Å². The zero-order valence-electron chi connectivity index (χ0n) is 20.3. The van der Waals surface area contributed by atoms with E-state index in [1.54, 1.807) is 0 Å². The van der Waals surface area contributed by atoms with Crippen molar-refractivity contribution in [2.45, 2.75) is 50.9 Å². The summed E-state index contributed by atoms with van der Waals surface area (Å²) in [6, 6.07) is 14.1. The lowest BCUT2D eigenvalue weighted by molar-refractivity contribution is 0.0922. The molecule has 36 heavy (non-hydrogen) atoms. The number of carbonyl (C=O) groups is 2. The van der Waals surface area contributed by atoms with Crippen LogP contribution >= 0.6 is 0 Å². The molecule has 6 N–H and O–H groups in total. The van der Waals surface area contributed by atoms with Gasteiger partial charge in [0.05, 0.1) is 23.0 Å². The first-order valence-electron chi connectivity index (χ1n) is 12.7. The van der Waals surface area contributed by atoms with Crippen LogP contribution in [0.25, 0.3) is 0 Å². The Hall–Kier alpha value is -3.85. The molecule has 2 unspecified atom stereocenters. The molecule has 2 amide bonds. The van der Waals surface area contributed by atoms with Crippen molar-refractivity contribution in [3.63, 3.8) is 0 Å². The number of aromatic nitrogens is 2. The minimum atomic E-state index is -0.376. The Balaban J connectivity index is 1.16. The fraction of sp³-hybridized carbons (Fsp3) is 0.370. The van der Waals surface area contributed by atoms with E-state index in [0.717, 1.165) is 55.8 Å². The number of hydrogen-bond donors (Lipinski definition) is 6. The summed E-state index contributed by atoms with van der Waals surface area (Å²) in [5, 5.41) is 23.9. The molecule has 0 radical (unpaired) electrons. The highest BCUT2D eigenvalue weighted by Crippen LogP contribution is 2.37. The van der Waals surface area contributed by atoms with Crippen LogP contribution in [0.15, 0.2) is 42.5 Å². The summed E-state index contributed by atoms with van der Waals surface area (Å²) in [6.45, 7) is 3.68. The molecule has 1 aromatic heterocycles. The maximum Gasteiger partial charge on any atom is 0.255 e. The van der Waals surface area contributed by atoms with Crippen LogP contribution in [-0.2, 0) is 6.42 Å². The highest BCUT2D eigenvalue weighted by Gasteiger charge is 2.31. The van der Waals surface area contributed by atoms with Crippen molar-refractivity contribution in [2.75, 3.05) is 23.7 Å². The van der Waals surface area contributed by atoms with E-state index in [1.807, 2.05) is 37.3 Å². The van der Waals surface area contributed by atoms with Crippen molar-refractivity contribution in [1.82, 2.24) is 26.1 Å². The molecule has 2 aliphatic heterocycles. The molecule has 186 valence electrons. The summed E-state index contributed by atoms with van der Waals surface area (Å²) in [4.78, 5) is 26.2. The zero-order valence-corrected chi connectivity index (χ0v) is 20.3. The lowest BCUT2D eigenvalue weighted by atomic mass is 10.1. The molecule has 9 nitrogen and oxygen atoms in total. The quantitative estimate of drug-likeness (QED) is 0.330. The molecule has 6 rings (SSSR count). The fourth-order valence-electron chi connectivity index (χ4n) is 5.53. The molecule has 3 aliphatic rings. The number of hydrogen-bond acceptors (Lipinski definition) is 6. The number of carbonyl (C=O) groups excluding carboxylic acids is 2. The lowest BCUT2D eigenvalue weighted by Crippen LogP contribution is -2.43. The smallest absolute Gasteiger partial charge is 0.255 e. The van der Waals surface area contributed by atoms with Crippen molar-refractivity contribution < 1.29 is 9.59 Å². The summed E-state index contributed by atoms with van der Waals surface area (Å²) in [5.41, 5.74) is 6.68. The van der Waals surface area contributed by atoms with Gasteiger partial charge in [0.25, 0.3) is 11.8 Å². The van der Waals surface area contributed by atoms with Crippen LogP contribution in [0.2, 0.25) is 0 Å². The number of aromatic amines is 1. The third kappa shape index (κ3) is 4.19. The van der Waals surface area contributed by atoms with Crippen LogP contribution in [-0.4, -0.2) is 41.1 Å². The molecular formula is C27H31N7O2. The van der Waals surface area contributed by atoms with E-state index in [2.05, 4.69) is 48.9 Å². The van der Waals surface area contributed by atoms with E-state index in [9.17, 15) is 9.59 Å². The second kappa shape index (κ2) is 9.31. The summed E-state index contributed by atoms with van der Waals surface area (Å²) in [7, 11) is 0. The monoisotopic (exact) mass is 485 g/mol. The van der Waals surface area contributed by atoms with Crippen LogP contribution < -0.4 is 26.6 Å². The summed E-state index contributed by atoms with van der Waals surface area (Å²) in [6.07, 6.45) is 3.35. The van der Waals surface area contributed by atoms with Gasteiger partial charge in [-0.2, -0.15) is 5.10 Å². The number of anilines is 2. The topological polar surface area (TPSA) is 123 Å². The van der Waals surface area contributed by atoms with Gasteiger partial charge < -0.3 is 26.6 Å². The van der Waals surface area contributed by atoms with Gasteiger partial charge in [0.15, 0.2) is 0 Å². The summed E-state index contributed by atoms with van der Waals surface area (Å²) < 4.78 is 0. The van der Waals surface area contributed by atoms with Gasteiger partial charge >= 0.3 is 0 Å². The van der Waals surface area contributed by atoms with Crippen LogP contribution in [0.5, 0.6) is 0 Å². The van der Waals surface area contributed by atoms with E-state index in [0.29, 0.717) is 16.8 Å². The Morgan fingerprint density at radius 2 is 1.75 bits per heavy atom. The largest absolute Gasteiger partial charge is 0.359 e. The Morgan fingerprint density at radius 1 is 0.944 bits per heavy atom. The molecule has 3 aromatic rings. The third-order valence-electron chi connectivity index (χ3n) is 7.47. The third-order valence-corrected chi connectivity index (χ3v) is 7.47. The Morgan fingerprint density at radius 3 is 2.61 bits per heavy atom. The molecule has 1 fully saturated rings. The first-order valence-corrected chi connectivity index (χ1v) is 12.7. The van der Waals surface area contributed by atoms with Gasteiger partial charge in [-0.3, -0.25) is 14.7 Å². The van der Waals surface area contributed by atoms with Crippen molar-refractivity contribution >= 4 is 23.2 Å². The highest BCUT2D eigenvalue weighted by atomic mass is 16.2. The Labute approximate surface area is 209 Å². The maximum absolute atomic E-state index is 13.1. The number of aryl methyl sites for hydroxylation is 2. The molecule has 1 saturated heterocycles. The molecule has 9 heteroatoms. The zero-order chi connectivity index (χ0) is 24.6. The Bertz CT molecular complexity index is 1310. The highest BCUT2D eigenvalue weighted by molar-refractivity contribution is 5.98. The van der Waals surface area contributed by atoms with E-state index in [4.69, 9.17) is 0 Å². The average Bonchev–Trinajstić information content (AvgIpc) is 3.60. The standard InChI is InChI=1S/C27H31N7O2/c1-15-23(27(36)29-18-10-12-28-13-11-18)24(34-33-15)25-30-21-9-7-17(14-22(21)31-25)26(35)32-20-8-6-16-4-2-3-5-19(16)20/h2-5,7,9,14,18,20,25,28,30-31H,6,8,10-13H2,1H3,(H,29,36)(H,32,35)(H,33,34). The fourth-order valence-corrected chi connectivity index (χ4v) is 5.53. The maximum atomic E-state index is 13.1. The van der Waals surface area contributed by atoms with Crippen LogP contribution in [0.3, 0.4) is 0 Å². The number of fused-ring (bicyclic) bond motifs is 2. The predicted molar refractivity (Wildman–Crippen MR) is 138 cm³/mol. The van der Waals surface area contributed by atoms with Crippen molar-refractivity contribution in [3.05, 3.63) is 76.1 Å². The minimum Gasteiger partial charge on any atom is -0.359 e. The first-order chi connectivity index (χ1) is 17.6. The van der Waals surface area contributed by atoms with Crippen molar-refractivity contribution in [2.24, 2.45) is 0 Å². The number of H-pyrrole nitrogens is 1. The van der Waals surface area contributed by atoms with Gasteiger partial charge in [-0.05, 0) is 75.0 Å². The van der Waals surface area contributed by atoms with Gasteiger partial charge in [-0.25, -0.2) is 0 Å². The summed E-state index contributed by atoms with van der Waals surface area (Å²) in [5.74, 6) is -0.206. The van der Waals surface area contributed by atoms with Gasteiger partial charge in [0.2, 0.25) is 0 Å². The Kier molecular flexibility index (Phi) is 5.85. The molecule has 2 atom stereocenters. The van der Waals surface area contributed by atoms with E-state index in [1.165, 1.54) is 11.1 Å². The number of amides is 2. The average molecular weight is 486 g/mol. The van der Waals surface area contributed by atoms with E-state index in [-0.39, 0.29) is 30.1 Å². The summed E-state index contributed by atoms with van der Waals surface area (Å²) >= 11 is 0. The molecule has 3 heterocycles. The number of piperidine rings is 1. The molecular weight excluding hydrogens is 454 g/mol. The number of nitrogens with one attached hydrogen (secondary N) is 6. The first kappa shape index (κ1) is 22.6. The lowest BCUT2D eigenvalue weighted by Gasteiger charge is -2.24. The predicted octanol–water partition coefficient (Wildman–Crippen LogP) is 3.15. The SMILES string of the molecule is Cc1[nH]nc(C2Nc3ccc(C(=O)NC4CCc5ccccc54)cc3N2)c1C(=O)NC1CCNCC1.